The normalized spacial score (nSPS) is 14.9. The highest BCUT2D eigenvalue weighted by molar-refractivity contribution is 5.92. The first-order chi connectivity index (χ1) is 15.6. The van der Waals surface area contributed by atoms with Gasteiger partial charge in [0.2, 0.25) is 11.9 Å². The van der Waals surface area contributed by atoms with Gasteiger partial charge in [-0.3, -0.25) is 14.9 Å². The van der Waals surface area contributed by atoms with Gasteiger partial charge in [-0.2, -0.15) is 10.1 Å². The summed E-state index contributed by atoms with van der Waals surface area (Å²) in [6.45, 7) is 4.22. The molecule has 9 nitrogen and oxygen atoms in total. The molecule has 1 atom stereocenters. The Kier molecular flexibility index (Phi) is 6.34. The molecule has 0 bridgehead atoms. The van der Waals surface area contributed by atoms with Crippen LogP contribution in [0.15, 0.2) is 48.8 Å². The van der Waals surface area contributed by atoms with E-state index in [0.717, 1.165) is 17.7 Å². The fourth-order valence-corrected chi connectivity index (χ4v) is 3.55. The van der Waals surface area contributed by atoms with Crippen LogP contribution in [0, 0.1) is 0 Å². The smallest absolute Gasteiger partial charge is 0.262 e. The molecule has 1 aliphatic rings. The molecule has 4 rings (SSSR count). The number of hydrogen-bond donors (Lipinski definition) is 2. The minimum absolute atomic E-state index is 0.127. The van der Waals surface area contributed by atoms with Crippen LogP contribution >= 0.6 is 0 Å². The van der Waals surface area contributed by atoms with E-state index in [9.17, 15) is 9.59 Å². The average Bonchev–Trinajstić information content (AvgIpc) is 3.27. The molecule has 0 radical (unpaired) electrons. The van der Waals surface area contributed by atoms with E-state index in [-0.39, 0.29) is 30.9 Å². The summed E-state index contributed by atoms with van der Waals surface area (Å²) in [5.41, 5.74) is 2.76. The molecule has 2 heterocycles. The van der Waals surface area contributed by atoms with Crippen molar-refractivity contribution in [1.29, 1.82) is 0 Å². The summed E-state index contributed by atoms with van der Waals surface area (Å²) in [7, 11) is 0. The zero-order valence-electron chi connectivity index (χ0n) is 18.0. The first-order valence-corrected chi connectivity index (χ1v) is 10.5. The summed E-state index contributed by atoms with van der Waals surface area (Å²) in [6.07, 6.45) is 2.59. The number of fused-ring (bicyclic) bond motifs is 1. The molecule has 0 saturated carbocycles. The molecule has 32 heavy (non-hydrogen) atoms. The van der Waals surface area contributed by atoms with Crippen molar-refractivity contribution in [2.75, 3.05) is 23.8 Å². The molecule has 0 aliphatic carbocycles. The second-order valence-corrected chi connectivity index (χ2v) is 7.32. The van der Waals surface area contributed by atoms with Crippen LogP contribution in [0.4, 0.5) is 11.6 Å². The van der Waals surface area contributed by atoms with Gasteiger partial charge in [-0.25, -0.2) is 4.68 Å². The molecule has 0 spiro atoms. The number of aromatic nitrogens is 3. The van der Waals surface area contributed by atoms with E-state index in [1.54, 1.807) is 10.7 Å². The van der Waals surface area contributed by atoms with E-state index >= 15 is 0 Å². The molecule has 166 valence electrons. The number of nitrogens with one attached hydrogen (secondary N) is 2. The summed E-state index contributed by atoms with van der Waals surface area (Å²) in [4.78, 5) is 28.5. The second kappa shape index (κ2) is 9.51. The lowest BCUT2D eigenvalue weighted by Crippen LogP contribution is -2.29. The van der Waals surface area contributed by atoms with Gasteiger partial charge >= 0.3 is 0 Å². The fourth-order valence-electron chi connectivity index (χ4n) is 3.55. The molecule has 1 aromatic heterocycles. The largest absolute Gasteiger partial charge is 0.490 e. The molecular formula is C23H25N5O4. The Balaban J connectivity index is 1.46. The number of carbonyl (C=O) groups is 2. The number of carbonyl (C=O) groups excluding carboxylic acids is 2. The van der Waals surface area contributed by atoms with Crippen LogP contribution in [0.1, 0.15) is 37.4 Å². The van der Waals surface area contributed by atoms with Crippen molar-refractivity contribution in [1.82, 2.24) is 14.8 Å². The second-order valence-electron chi connectivity index (χ2n) is 7.32. The van der Waals surface area contributed by atoms with Crippen molar-refractivity contribution in [3.8, 4) is 11.5 Å². The lowest BCUT2D eigenvalue weighted by molar-refractivity contribution is -0.118. The Hall–Kier alpha value is -3.88. The maximum atomic E-state index is 12.3. The van der Waals surface area contributed by atoms with Crippen LogP contribution in [-0.4, -0.2) is 39.8 Å². The third kappa shape index (κ3) is 4.72. The van der Waals surface area contributed by atoms with Gasteiger partial charge in [-0.1, -0.05) is 25.1 Å². The van der Waals surface area contributed by atoms with Gasteiger partial charge < -0.3 is 14.8 Å². The lowest BCUT2D eigenvalue weighted by Gasteiger charge is -2.24. The summed E-state index contributed by atoms with van der Waals surface area (Å²) in [6, 6.07) is 12.8. The third-order valence-corrected chi connectivity index (χ3v) is 5.16. The minimum Gasteiger partial charge on any atom is -0.490 e. The van der Waals surface area contributed by atoms with Crippen LogP contribution in [0.5, 0.6) is 11.5 Å². The Morgan fingerprint density at radius 3 is 2.72 bits per heavy atom. The van der Waals surface area contributed by atoms with Crippen LogP contribution in [0.2, 0.25) is 0 Å². The highest BCUT2D eigenvalue weighted by atomic mass is 16.5. The highest BCUT2D eigenvalue weighted by Gasteiger charge is 2.28. The average molecular weight is 435 g/mol. The molecule has 0 fully saturated rings. The van der Waals surface area contributed by atoms with Crippen LogP contribution < -0.4 is 20.1 Å². The molecular weight excluding hydrogens is 410 g/mol. The van der Waals surface area contributed by atoms with Crippen molar-refractivity contribution in [3.63, 3.8) is 0 Å². The van der Waals surface area contributed by atoms with Crippen LogP contribution in [0.25, 0.3) is 0 Å². The number of nitrogens with zero attached hydrogens (tertiary/aromatic N) is 3. The zero-order chi connectivity index (χ0) is 22.5. The summed E-state index contributed by atoms with van der Waals surface area (Å²) in [5, 5.41) is 9.75. The zero-order valence-corrected chi connectivity index (χ0v) is 18.0. The molecule has 0 saturated heterocycles. The number of hydrogen-bond acceptors (Lipinski definition) is 6. The minimum atomic E-state index is -0.302. The Morgan fingerprint density at radius 2 is 1.97 bits per heavy atom. The van der Waals surface area contributed by atoms with E-state index in [1.807, 2.05) is 43.3 Å². The van der Waals surface area contributed by atoms with Crippen LogP contribution in [-0.2, 0) is 16.0 Å². The molecule has 3 aromatic rings. The number of rotatable bonds is 8. The molecule has 2 N–H and O–H groups in total. The number of anilines is 2. The van der Waals surface area contributed by atoms with E-state index in [4.69, 9.17) is 9.47 Å². The summed E-state index contributed by atoms with van der Waals surface area (Å²) < 4.78 is 13.1. The van der Waals surface area contributed by atoms with Crippen molar-refractivity contribution in [3.05, 3.63) is 59.9 Å². The quantitative estimate of drug-likeness (QED) is 0.563. The summed E-state index contributed by atoms with van der Waals surface area (Å²) >= 11 is 0. The van der Waals surface area contributed by atoms with Crippen molar-refractivity contribution < 1.29 is 19.1 Å². The van der Waals surface area contributed by atoms with E-state index in [1.165, 1.54) is 11.9 Å². The van der Waals surface area contributed by atoms with Gasteiger partial charge in [-0.15, -0.1) is 0 Å². The number of amides is 2. The van der Waals surface area contributed by atoms with Gasteiger partial charge in [0, 0.05) is 5.69 Å². The SMILES string of the molecule is CCOc1cc([C@H]2CC(=O)Nc3ncnn32)ccc1OCC(=O)Nc1ccc(CC)cc1. The maximum Gasteiger partial charge on any atom is 0.262 e. The van der Waals surface area contributed by atoms with E-state index < -0.39 is 0 Å². The third-order valence-electron chi connectivity index (χ3n) is 5.16. The molecule has 2 aromatic carbocycles. The highest BCUT2D eigenvalue weighted by Crippen LogP contribution is 2.35. The number of aryl methyl sites for hydroxylation is 1. The predicted molar refractivity (Wildman–Crippen MR) is 119 cm³/mol. The van der Waals surface area contributed by atoms with Crippen molar-refractivity contribution >= 4 is 23.5 Å². The number of benzene rings is 2. The van der Waals surface area contributed by atoms with E-state index in [2.05, 4.69) is 27.6 Å². The topological polar surface area (TPSA) is 107 Å². The van der Waals surface area contributed by atoms with Crippen LogP contribution in [0.3, 0.4) is 0 Å². The fraction of sp³-hybridized carbons (Fsp3) is 0.304. The monoisotopic (exact) mass is 435 g/mol. The lowest BCUT2D eigenvalue weighted by atomic mass is 10.0. The standard InChI is InChI=1S/C23H25N5O4/c1-3-15-5-8-17(9-6-15)26-22(30)13-32-19-10-7-16(11-20(19)31-4-2)18-12-21(29)27-23-24-14-25-28(18)23/h5-11,14,18H,3-4,12-13H2,1-2H3,(H,26,30)(H,24,25,27,29)/t18-/m1/s1. The van der Waals surface area contributed by atoms with E-state index in [0.29, 0.717) is 24.1 Å². The molecule has 2 amide bonds. The van der Waals surface area contributed by atoms with Gasteiger partial charge in [0.1, 0.15) is 6.33 Å². The Morgan fingerprint density at radius 1 is 1.16 bits per heavy atom. The number of ether oxygens (including phenoxy) is 2. The summed E-state index contributed by atoms with van der Waals surface area (Å²) in [5.74, 6) is 0.964. The first kappa shape index (κ1) is 21.4. The molecule has 0 unspecified atom stereocenters. The maximum absolute atomic E-state index is 12.3. The predicted octanol–water partition coefficient (Wildman–Crippen LogP) is 3.19. The first-order valence-electron chi connectivity index (χ1n) is 10.5. The van der Waals surface area contributed by atoms with Gasteiger partial charge in [0.15, 0.2) is 18.1 Å². The van der Waals surface area contributed by atoms with Crippen molar-refractivity contribution in [2.24, 2.45) is 0 Å². The van der Waals surface area contributed by atoms with Crippen molar-refractivity contribution in [2.45, 2.75) is 32.7 Å². The molecule has 9 heteroatoms. The molecule has 1 aliphatic heterocycles. The Bertz CT molecular complexity index is 1110. The van der Waals surface area contributed by atoms with Gasteiger partial charge in [0.25, 0.3) is 5.91 Å². The van der Waals surface area contributed by atoms with Gasteiger partial charge in [-0.05, 0) is 48.7 Å². The Labute approximate surface area is 185 Å². The van der Waals surface area contributed by atoms with Gasteiger partial charge in [0.05, 0.1) is 19.1 Å².